The van der Waals surface area contributed by atoms with E-state index in [4.69, 9.17) is 0 Å². The van der Waals surface area contributed by atoms with Gasteiger partial charge in [0.05, 0.1) is 42.9 Å². The zero-order valence-electron chi connectivity index (χ0n) is 22.8. The van der Waals surface area contributed by atoms with Gasteiger partial charge in [-0.05, 0) is 48.2 Å². The van der Waals surface area contributed by atoms with Crippen LogP contribution in [0.4, 0.5) is 20.2 Å². The molecule has 0 radical (unpaired) electrons. The summed E-state index contributed by atoms with van der Waals surface area (Å²) < 4.78 is 39.0. The number of nitrogens with one attached hydrogen (secondary N) is 4. The molecule has 1 aliphatic heterocycles. The molecule has 3 aromatic carbocycles. The van der Waals surface area contributed by atoms with Gasteiger partial charge in [-0.25, -0.2) is 8.78 Å². The molecule has 4 N–H and O–H groups in total. The van der Waals surface area contributed by atoms with E-state index in [0.29, 0.717) is 28.4 Å². The third kappa shape index (κ3) is 5.46. The molecule has 41 heavy (non-hydrogen) atoms. The number of nitriles is 2. The van der Waals surface area contributed by atoms with Gasteiger partial charge in [-0.1, -0.05) is 42.5 Å². The molecule has 2 heterocycles. The number of hydrazine groups is 2. The van der Waals surface area contributed by atoms with Gasteiger partial charge >= 0.3 is 0 Å². The van der Waals surface area contributed by atoms with Crippen molar-refractivity contribution in [1.29, 1.82) is 10.5 Å². The first-order valence-corrected chi connectivity index (χ1v) is 13.2. The maximum Gasteiger partial charge on any atom is 0.151 e. The molecule has 1 aliphatic carbocycles. The summed E-state index contributed by atoms with van der Waals surface area (Å²) in [5.74, 6) is -1.10. The lowest BCUT2D eigenvalue weighted by atomic mass is 10.0. The summed E-state index contributed by atoms with van der Waals surface area (Å²) >= 11 is 0. The summed E-state index contributed by atoms with van der Waals surface area (Å²) in [6.07, 6.45) is 5.22. The largest absolute Gasteiger partial charge is 0.376 e. The highest BCUT2D eigenvalue weighted by Crippen LogP contribution is 2.36. The highest BCUT2D eigenvalue weighted by Gasteiger charge is 2.32. The van der Waals surface area contributed by atoms with Crippen LogP contribution in [0.5, 0.6) is 0 Å². The Labute approximate surface area is 237 Å². The van der Waals surface area contributed by atoms with Crippen molar-refractivity contribution < 1.29 is 10.2 Å². The molecule has 1 saturated carbocycles. The van der Waals surface area contributed by atoms with Crippen LogP contribution < -0.4 is 21.6 Å². The minimum Gasteiger partial charge on any atom is -0.376 e. The number of halogens is 2. The molecule has 0 amide bonds. The van der Waals surface area contributed by atoms with E-state index >= 15 is 4.39 Å². The van der Waals surface area contributed by atoms with E-state index in [9.17, 15) is 16.3 Å². The minimum atomic E-state index is -1.67. The molecule has 204 valence electrons. The molecule has 1 fully saturated rings. The Morgan fingerprint density at radius 1 is 1.05 bits per heavy atom. The third-order valence-corrected chi connectivity index (χ3v) is 7.06. The number of rotatable bonds is 9. The number of aromatic nitrogens is 1. The smallest absolute Gasteiger partial charge is 0.151 e. The Balaban J connectivity index is 1.45. The van der Waals surface area contributed by atoms with Crippen LogP contribution in [0.15, 0.2) is 84.8 Å². The Bertz CT molecular complexity index is 1750. The maximum absolute atomic E-state index is 15.6. The molecule has 1 unspecified atom stereocenters. The van der Waals surface area contributed by atoms with E-state index in [-0.39, 0.29) is 23.2 Å². The van der Waals surface area contributed by atoms with E-state index in [1.54, 1.807) is 12.3 Å². The lowest BCUT2D eigenvalue weighted by Gasteiger charge is -2.23. The van der Waals surface area contributed by atoms with Crippen molar-refractivity contribution in [3.8, 4) is 12.1 Å². The van der Waals surface area contributed by atoms with Gasteiger partial charge in [0, 0.05) is 29.5 Å². The number of hydrogen-bond acceptors (Lipinski definition) is 8. The van der Waals surface area contributed by atoms with E-state index in [1.165, 1.54) is 36.5 Å². The molecule has 0 spiro atoms. The monoisotopic (exact) mass is 549 g/mol. The van der Waals surface area contributed by atoms with Crippen molar-refractivity contribution in [2.45, 2.75) is 37.4 Å². The summed E-state index contributed by atoms with van der Waals surface area (Å²) in [6, 6.07) is 20.2. The number of nitrogens with zero attached hydrogens (tertiary/aromatic N) is 4. The van der Waals surface area contributed by atoms with Crippen LogP contribution in [0.1, 0.15) is 49.4 Å². The number of pyridine rings is 1. The molecule has 2 aliphatic rings. The summed E-state index contributed by atoms with van der Waals surface area (Å²) in [5.41, 5.74) is 8.55. The fourth-order valence-electron chi connectivity index (χ4n) is 4.84. The van der Waals surface area contributed by atoms with Crippen LogP contribution in [0.25, 0.3) is 10.9 Å². The predicted molar refractivity (Wildman–Crippen MR) is 151 cm³/mol. The molecular weight excluding hydrogens is 522 g/mol. The molecule has 2 atom stereocenters. The quantitative estimate of drug-likeness (QED) is 0.203. The maximum atomic E-state index is 15.6. The van der Waals surface area contributed by atoms with E-state index < -0.39 is 23.7 Å². The third-order valence-electron chi connectivity index (χ3n) is 7.06. The summed E-state index contributed by atoms with van der Waals surface area (Å²) in [7, 11) is 0. The lowest BCUT2D eigenvalue weighted by molar-refractivity contribution is 0.260. The van der Waals surface area contributed by atoms with E-state index in [1.807, 2.05) is 35.3 Å². The average Bonchev–Trinajstić information content (AvgIpc) is 3.73. The Hall–Kier alpha value is -5.19. The minimum absolute atomic E-state index is 0.0305. The molecule has 0 bridgehead atoms. The zero-order valence-corrected chi connectivity index (χ0v) is 21.8. The molecular formula is C31H26F2N8. The fourth-order valence-corrected chi connectivity index (χ4v) is 4.84. The van der Waals surface area contributed by atoms with Gasteiger partial charge in [-0.15, -0.1) is 5.53 Å². The number of benzene rings is 3. The SMILES string of the molecule is [2H][C@](Nc1cc(F)c2ncc(C#N)c(NC(CC#N)c3ccccc3)c2c1)(C1=CN(C2CC2)NN1)c1ccc(F)cc1. The van der Waals surface area contributed by atoms with Crippen molar-refractivity contribution in [3.05, 3.63) is 113 Å². The van der Waals surface area contributed by atoms with Crippen LogP contribution in [-0.4, -0.2) is 16.0 Å². The van der Waals surface area contributed by atoms with Crippen molar-refractivity contribution in [2.24, 2.45) is 0 Å². The average molecular weight is 550 g/mol. The zero-order chi connectivity index (χ0) is 29.3. The van der Waals surface area contributed by atoms with Gasteiger partial charge in [-0.2, -0.15) is 10.5 Å². The van der Waals surface area contributed by atoms with Gasteiger partial charge in [0.15, 0.2) is 5.82 Å². The molecule has 6 rings (SSSR count). The summed E-state index contributed by atoms with van der Waals surface area (Å²) in [4.78, 5) is 4.20. The molecule has 0 saturated heterocycles. The lowest BCUT2D eigenvalue weighted by Crippen LogP contribution is -2.38. The fraction of sp³-hybridized carbons (Fsp3) is 0.194. The van der Waals surface area contributed by atoms with Crippen molar-refractivity contribution in [3.63, 3.8) is 0 Å². The van der Waals surface area contributed by atoms with Crippen LogP contribution in [0, 0.1) is 34.3 Å². The van der Waals surface area contributed by atoms with Crippen LogP contribution >= 0.6 is 0 Å². The van der Waals surface area contributed by atoms with Gasteiger partial charge in [0.25, 0.3) is 0 Å². The Morgan fingerprint density at radius 2 is 1.83 bits per heavy atom. The number of hydrogen-bond donors (Lipinski definition) is 4. The summed E-state index contributed by atoms with van der Waals surface area (Å²) in [5, 5.41) is 28.0. The second kappa shape index (κ2) is 11.1. The van der Waals surface area contributed by atoms with Gasteiger partial charge in [0.2, 0.25) is 0 Å². The van der Waals surface area contributed by atoms with Crippen LogP contribution in [-0.2, 0) is 0 Å². The van der Waals surface area contributed by atoms with Gasteiger partial charge in [0.1, 0.15) is 17.4 Å². The number of anilines is 2. The van der Waals surface area contributed by atoms with Gasteiger partial charge < -0.3 is 16.1 Å². The molecule has 4 aromatic rings. The Kier molecular flexibility index (Phi) is 6.73. The standard InChI is InChI=1S/C31H26F2N8/c32-22-8-6-20(7-9-22)30(28-18-41(40-39-28)24-10-11-24)37-23-14-25-29(21(16-35)17-36-31(25)26(33)15-23)38-27(12-13-34)19-4-2-1-3-5-19/h1-9,14-15,17-18,24,27,30,37,39-40H,10-12H2,(H,36,38)/t27?,30-/m1/s1/i30D. The van der Waals surface area contributed by atoms with Crippen molar-refractivity contribution >= 4 is 22.3 Å². The van der Waals surface area contributed by atoms with Crippen LogP contribution in [0.2, 0.25) is 0 Å². The van der Waals surface area contributed by atoms with E-state index in [0.717, 1.165) is 18.4 Å². The van der Waals surface area contributed by atoms with Crippen LogP contribution in [0.3, 0.4) is 0 Å². The topological polar surface area (TPSA) is 112 Å². The van der Waals surface area contributed by atoms with E-state index in [2.05, 4.69) is 38.7 Å². The molecule has 8 nitrogen and oxygen atoms in total. The van der Waals surface area contributed by atoms with Crippen molar-refractivity contribution in [1.82, 2.24) is 21.0 Å². The molecule has 10 heteroatoms. The predicted octanol–water partition coefficient (Wildman–Crippen LogP) is 5.93. The second-order valence-corrected chi connectivity index (χ2v) is 9.91. The number of fused-ring (bicyclic) bond motifs is 1. The highest BCUT2D eigenvalue weighted by atomic mass is 19.1. The highest BCUT2D eigenvalue weighted by molar-refractivity contribution is 5.96. The van der Waals surface area contributed by atoms with Gasteiger partial charge in [-0.3, -0.25) is 9.99 Å². The first-order chi connectivity index (χ1) is 20.4. The first-order valence-electron chi connectivity index (χ1n) is 13.7. The first kappa shape index (κ1) is 24.8. The normalized spacial score (nSPS) is 16.9. The molecule has 1 aromatic heterocycles. The Morgan fingerprint density at radius 3 is 2.54 bits per heavy atom. The summed E-state index contributed by atoms with van der Waals surface area (Å²) in [6.45, 7) is 0. The second-order valence-electron chi connectivity index (χ2n) is 9.91. The van der Waals surface area contributed by atoms with Crippen molar-refractivity contribution in [2.75, 3.05) is 10.6 Å².